The number of carbonyl (C=O) groups excluding carboxylic acids is 2. The topological polar surface area (TPSA) is 39.1 Å². The number of halogens is 2. The highest BCUT2D eigenvalue weighted by Gasteiger charge is 2.14. The molecule has 0 radical (unpaired) electrons. The van der Waals surface area contributed by atoms with Gasteiger partial charge in [-0.25, -0.2) is 0 Å². The standard InChI is InChI=1S/C25H17Cl2NO2/c26-22(10-12-29)18-6-8-24-20(14-18)21-15-19(23(27)11-13-30)7-9-25(21)28(24)16-17-4-2-1-3-5-17/h1-15H,16H2/b22-10-,23-11-. The Morgan fingerprint density at radius 3 is 1.70 bits per heavy atom. The number of rotatable bonds is 6. The number of fused-ring (bicyclic) bond motifs is 3. The van der Waals surface area contributed by atoms with E-state index in [1.807, 2.05) is 54.6 Å². The lowest BCUT2D eigenvalue weighted by Crippen LogP contribution is -1.99. The molecule has 0 saturated heterocycles. The molecule has 0 bridgehead atoms. The van der Waals surface area contributed by atoms with Crippen molar-refractivity contribution in [2.24, 2.45) is 0 Å². The number of aromatic nitrogens is 1. The van der Waals surface area contributed by atoms with Gasteiger partial charge in [0.2, 0.25) is 0 Å². The first-order chi connectivity index (χ1) is 14.6. The van der Waals surface area contributed by atoms with Crippen LogP contribution in [0.1, 0.15) is 16.7 Å². The molecule has 1 aromatic heterocycles. The predicted octanol–water partition coefficient (Wildman–Crippen LogP) is 6.40. The summed E-state index contributed by atoms with van der Waals surface area (Å²) in [6.07, 6.45) is 4.02. The first-order valence-corrected chi connectivity index (χ1v) is 10.1. The van der Waals surface area contributed by atoms with Crippen molar-refractivity contribution in [2.45, 2.75) is 6.54 Å². The first kappa shape index (κ1) is 20.1. The van der Waals surface area contributed by atoms with E-state index in [0.29, 0.717) is 29.2 Å². The Hall–Kier alpha value is -3.14. The van der Waals surface area contributed by atoms with Gasteiger partial charge in [-0.1, -0.05) is 65.7 Å². The molecule has 148 valence electrons. The second-order valence-electron chi connectivity index (χ2n) is 6.84. The summed E-state index contributed by atoms with van der Waals surface area (Å²) in [4.78, 5) is 21.7. The molecule has 0 aliphatic heterocycles. The van der Waals surface area contributed by atoms with Crippen molar-refractivity contribution in [1.82, 2.24) is 4.57 Å². The van der Waals surface area contributed by atoms with Gasteiger partial charge in [-0.2, -0.15) is 0 Å². The number of allylic oxidation sites excluding steroid dienone is 2. The van der Waals surface area contributed by atoms with Crippen LogP contribution in [0.2, 0.25) is 0 Å². The summed E-state index contributed by atoms with van der Waals surface area (Å²) in [6, 6.07) is 22.0. The monoisotopic (exact) mass is 433 g/mol. The number of hydrogen-bond acceptors (Lipinski definition) is 2. The molecule has 0 spiro atoms. The van der Waals surface area contributed by atoms with Crippen LogP contribution in [-0.2, 0) is 16.1 Å². The average Bonchev–Trinajstić information content (AvgIpc) is 3.07. The van der Waals surface area contributed by atoms with Crippen molar-refractivity contribution in [3.8, 4) is 0 Å². The highest BCUT2D eigenvalue weighted by atomic mass is 35.5. The Morgan fingerprint density at radius 1 is 0.733 bits per heavy atom. The lowest BCUT2D eigenvalue weighted by molar-refractivity contribution is -0.104. The fourth-order valence-electron chi connectivity index (χ4n) is 3.65. The molecule has 3 aromatic carbocycles. The molecule has 0 atom stereocenters. The maximum absolute atomic E-state index is 10.8. The third kappa shape index (κ3) is 3.82. The van der Waals surface area contributed by atoms with E-state index in [4.69, 9.17) is 23.2 Å². The summed E-state index contributed by atoms with van der Waals surface area (Å²) in [5.41, 5.74) is 4.79. The molecule has 0 aliphatic rings. The van der Waals surface area contributed by atoms with Gasteiger partial charge in [-0.15, -0.1) is 0 Å². The SMILES string of the molecule is O=C/C=C(\Cl)c1ccc2c(c1)c1cc(/C(Cl)=C/C=O)ccc1n2Cc1ccccc1. The molecular weight excluding hydrogens is 417 g/mol. The van der Waals surface area contributed by atoms with Crippen LogP contribution in [0.15, 0.2) is 78.9 Å². The molecule has 0 aliphatic carbocycles. The molecule has 30 heavy (non-hydrogen) atoms. The van der Waals surface area contributed by atoms with Crippen molar-refractivity contribution in [3.63, 3.8) is 0 Å². The van der Waals surface area contributed by atoms with Crippen LogP contribution in [0.25, 0.3) is 31.9 Å². The van der Waals surface area contributed by atoms with Gasteiger partial charge < -0.3 is 4.57 Å². The minimum Gasteiger partial charge on any atom is -0.336 e. The summed E-state index contributed by atoms with van der Waals surface area (Å²) in [6.45, 7) is 0.704. The van der Waals surface area contributed by atoms with E-state index in [1.165, 1.54) is 17.7 Å². The normalized spacial score (nSPS) is 12.5. The zero-order valence-electron chi connectivity index (χ0n) is 15.9. The zero-order chi connectivity index (χ0) is 21.1. The summed E-state index contributed by atoms with van der Waals surface area (Å²) >= 11 is 12.5. The zero-order valence-corrected chi connectivity index (χ0v) is 17.4. The second kappa shape index (κ2) is 8.70. The largest absolute Gasteiger partial charge is 0.336 e. The Bertz CT molecular complexity index is 1240. The van der Waals surface area contributed by atoms with Crippen LogP contribution in [0.4, 0.5) is 0 Å². The molecule has 4 rings (SSSR count). The van der Waals surface area contributed by atoms with Crippen LogP contribution in [0.5, 0.6) is 0 Å². The number of hydrogen-bond donors (Lipinski definition) is 0. The quantitative estimate of drug-likeness (QED) is 0.260. The molecular formula is C25H17Cl2NO2. The van der Waals surface area contributed by atoms with Gasteiger partial charge in [0.25, 0.3) is 0 Å². The Labute approximate surface area is 183 Å². The third-order valence-corrected chi connectivity index (χ3v) is 5.72. The van der Waals surface area contributed by atoms with Crippen LogP contribution in [-0.4, -0.2) is 17.1 Å². The summed E-state index contributed by atoms with van der Waals surface area (Å²) in [5, 5.41) is 2.75. The van der Waals surface area contributed by atoms with Gasteiger partial charge in [0.1, 0.15) is 12.6 Å². The first-order valence-electron chi connectivity index (χ1n) is 9.35. The van der Waals surface area contributed by atoms with E-state index in [1.54, 1.807) is 0 Å². The van der Waals surface area contributed by atoms with Gasteiger partial charge in [0.15, 0.2) is 0 Å². The van der Waals surface area contributed by atoms with Crippen LogP contribution in [0, 0.1) is 0 Å². The molecule has 0 unspecified atom stereocenters. The second-order valence-corrected chi connectivity index (χ2v) is 7.65. The van der Waals surface area contributed by atoms with E-state index in [0.717, 1.165) is 32.9 Å². The van der Waals surface area contributed by atoms with Gasteiger partial charge in [0.05, 0.1) is 10.1 Å². The van der Waals surface area contributed by atoms with E-state index in [9.17, 15) is 9.59 Å². The van der Waals surface area contributed by atoms with E-state index >= 15 is 0 Å². The van der Waals surface area contributed by atoms with Crippen molar-refractivity contribution in [2.75, 3.05) is 0 Å². The summed E-state index contributed by atoms with van der Waals surface area (Å²) in [5.74, 6) is 0. The van der Waals surface area contributed by atoms with Crippen LogP contribution in [0.3, 0.4) is 0 Å². The highest BCUT2D eigenvalue weighted by molar-refractivity contribution is 6.50. The Kier molecular flexibility index (Phi) is 5.84. The fraction of sp³-hybridized carbons (Fsp3) is 0.0400. The predicted molar refractivity (Wildman–Crippen MR) is 125 cm³/mol. The molecule has 3 nitrogen and oxygen atoms in total. The van der Waals surface area contributed by atoms with Crippen LogP contribution < -0.4 is 0 Å². The minimum absolute atomic E-state index is 0.380. The number of aldehydes is 2. The maximum Gasteiger partial charge on any atom is 0.144 e. The van der Waals surface area contributed by atoms with Gasteiger partial charge in [-0.05, 0) is 53.1 Å². The van der Waals surface area contributed by atoms with Gasteiger partial charge in [0, 0.05) is 28.4 Å². The smallest absolute Gasteiger partial charge is 0.144 e. The van der Waals surface area contributed by atoms with Crippen molar-refractivity contribution in [1.29, 1.82) is 0 Å². The summed E-state index contributed by atoms with van der Waals surface area (Å²) in [7, 11) is 0. The molecule has 5 heteroatoms. The number of nitrogens with zero attached hydrogens (tertiary/aromatic N) is 1. The van der Waals surface area contributed by atoms with E-state index < -0.39 is 0 Å². The summed E-state index contributed by atoms with van der Waals surface area (Å²) < 4.78 is 2.24. The lowest BCUT2D eigenvalue weighted by Gasteiger charge is -2.08. The Balaban J connectivity index is 1.99. The Morgan fingerprint density at radius 2 is 1.23 bits per heavy atom. The molecule has 0 amide bonds. The van der Waals surface area contributed by atoms with Gasteiger partial charge in [-0.3, -0.25) is 9.59 Å². The third-order valence-electron chi connectivity index (χ3n) is 5.03. The van der Waals surface area contributed by atoms with Crippen LogP contribution >= 0.6 is 23.2 Å². The van der Waals surface area contributed by atoms with E-state index in [2.05, 4.69) is 16.7 Å². The molecule has 0 fully saturated rings. The highest BCUT2D eigenvalue weighted by Crippen LogP contribution is 2.35. The fourth-order valence-corrected chi connectivity index (χ4v) is 3.99. The van der Waals surface area contributed by atoms with Crippen molar-refractivity contribution in [3.05, 3.63) is 95.6 Å². The molecule has 1 heterocycles. The van der Waals surface area contributed by atoms with Gasteiger partial charge >= 0.3 is 0 Å². The van der Waals surface area contributed by atoms with E-state index in [-0.39, 0.29) is 0 Å². The minimum atomic E-state index is 0.380. The molecule has 0 saturated carbocycles. The average molecular weight is 434 g/mol. The number of carbonyl (C=O) groups is 2. The van der Waals surface area contributed by atoms with Crippen molar-refractivity contribution >= 4 is 67.6 Å². The molecule has 4 aromatic rings. The van der Waals surface area contributed by atoms with Crippen molar-refractivity contribution < 1.29 is 9.59 Å². The maximum atomic E-state index is 10.8. The lowest BCUT2D eigenvalue weighted by atomic mass is 10.1. The number of benzene rings is 3. The molecule has 0 N–H and O–H groups in total.